The quantitative estimate of drug-likeness (QED) is 0.776. The Balaban J connectivity index is 1.85. The molecule has 23 heavy (non-hydrogen) atoms. The number of carbonyl (C=O) groups is 2. The third-order valence-electron chi connectivity index (χ3n) is 3.85. The first-order chi connectivity index (χ1) is 10.7. The van der Waals surface area contributed by atoms with E-state index in [4.69, 9.17) is 5.11 Å². The van der Waals surface area contributed by atoms with Gasteiger partial charge in [-0.25, -0.2) is 17.9 Å². The number of nitrogens with zero attached hydrogens (tertiary/aromatic N) is 1. The highest BCUT2D eigenvalue weighted by molar-refractivity contribution is 7.88. The van der Waals surface area contributed by atoms with Gasteiger partial charge in [0, 0.05) is 13.1 Å². The van der Waals surface area contributed by atoms with Crippen molar-refractivity contribution >= 4 is 21.9 Å². The van der Waals surface area contributed by atoms with Gasteiger partial charge >= 0.3 is 5.97 Å². The van der Waals surface area contributed by atoms with Gasteiger partial charge in [-0.15, -0.1) is 0 Å². The number of amides is 1. The Bertz CT molecular complexity index is 684. The van der Waals surface area contributed by atoms with Crippen LogP contribution in [0.25, 0.3) is 0 Å². The first kappa shape index (κ1) is 17.4. The second kappa shape index (κ2) is 7.10. The summed E-state index contributed by atoms with van der Waals surface area (Å²) >= 11 is 0. The second-order valence-corrected chi connectivity index (χ2v) is 7.63. The van der Waals surface area contributed by atoms with Gasteiger partial charge in [0.2, 0.25) is 15.9 Å². The van der Waals surface area contributed by atoms with Crippen LogP contribution in [0, 0.1) is 5.92 Å². The molecule has 0 aromatic heterocycles. The van der Waals surface area contributed by atoms with E-state index in [0.717, 1.165) is 24.7 Å². The van der Waals surface area contributed by atoms with Crippen molar-refractivity contribution in [2.24, 2.45) is 5.92 Å². The van der Waals surface area contributed by atoms with E-state index < -0.39 is 16.0 Å². The Hall–Kier alpha value is -1.93. The molecule has 0 aliphatic carbocycles. The number of carboxylic acid groups (broad SMARTS) is 1. The molecule has 2 N–H and O–H groups in total. The topological polar surface area (TPSA) is 104 Å². The summed E-state index contributed by atoms with van der Waals surface area (Å²) < 4.78 is 24.2. The van der Waals surface area contributed by atoms with Crippen LogP contribution < -0.4 is 4.72 Å². The molecule has 1 fully saturated rings. The van der Waals surface area contributed by atoms with Gasteiger partial charge in [0.15, 0.2) is 0 Å². The summed E-state index contributed by atoms with van der Waals surface area (Å²) in [6, 6.07) is 6.73. The number of hydrogen-bond acceptors (Lipinski definition) is 4. The zero-order valence-corrected chi connectivity index (χ0v) is 13.7. The molecule has 1 aliphatic rings. The van der Waals surface area contributed by atoms with Crippen LogP contribution in [0.4, 0.5) is 0 Å². The molecule has 0 saturated carbocycles. The number of benzene rings is 1. The highest BCUT2D eigenvalue weighted by atomic mass is 32.2. The molecule has 1 saturated heterocycles. The van der Waals surface area contributed by atoms with E-state index in [-0.39, 0.29) is 18.0 Å². The van der Waals surface area contributed by atoms with Crippen LogP contribution in [-0.4, -0.2) is 56.2 Å². The number of nitrogens with one attached hydrogen (secondary N) is 1. The Kier molecular flexibility index (Phi) is 5.38. The summed E-state index contributed by atoms with van der Waals surface area (Å²) in [4.78, 5) is 24.4. The molecule has 1 aromatic rings. The minimum atomic E-state index is -3.37. The number of hydrogen-bond donors (Lipinski definition) is 2. The lowest BCUT2D eigenvalue weighted by Gasteiger charge is -2.16. The SMILES string of the molecule is CS(=O)(=O)NCC(=O)N1CC[C@@H](Cc2ccc(C(=O)O)cc2)C1. The van der Waals surface area contributed by atoms with Crippen molar-refractivity contribution in [1.29, 1.82) is 0 Å². The first-order valence-electron chi connectivity index (χ1n) is 7.29. The number of carboxylic acids is 1. The van der Waals surface area contributed by atoms with Crippen molar-refractivity contribution < 1.29 is 23.1 Å². The molecule has 2 rings (SSSR count). The molecule has 7 nitrogen and oxygen atoms in total. The van der Waals surface area contributed by atoms with Crippen LogP contribution in [0.5, 0.6) is 0 Å². The lowest BCUT2D eigenvalue weighted by molar-refractivity contribution is -0.129. The Morgan fingerprint density at radius 3 is 2.52 bits per heavy atom. The van der Waals surface area contributed by atoms with Gasteiger partial charge in [0.25, 0.3) is 0 Å². The number of likely N-dealkylation sites (tertiary alicyclic amines) is 1. The lowest BCUT2D eigenvalue weighted by atomic mass is 9.98. The van der Waals surface area contributed by atoms with Gasteiger partial charge < -0.3 is 10.0 Å². The zero-order chi connectivity index (χ0) is 17.0. The summed E-state index contributed by atoms with van der Waals surface area (Å²) in [6.45, 7) is 0.992. The molecule has 126 valence electrons. The molecule has 0 radical (unpaired) electrons. The van der Waals surface area contributed by atoms with Crippen LogP contribution in [0.3, 0.4) is 0 Å². The van der Waals surface area contributed by atoms with Crippen molar-refractivity contribution in [2.45, 2.75) is 12.8 Å². The normalized spacial score (nSPS) is 18.1. The molecule has 0 unspecified atom stereocenters. The van der Waals surface area contributed by atoms with Crippen molar-refractivity contribution in [1.82, 2.24) is 9.62 Å². The fraction of sp³-hybridized carbons (Fsp3) is 0.467. The average Bonchev–Trinajstić information content (AvgIpc) is 2.93. The first-order valence-corrected chi connectivity index (χ1v) is 9.18. The van der Waals surface area contributed by atoms with E-state index >= 15 is 0 Å². The van der Waals surface area contributed by atoms with Gasteiger partial charge in [0.1, 0.15) is 0 Å². The van der Waals surface area contributed by atoms with Gasteiger partial charge in [0.05, 0.1) is 18.4 Å². The van der Waals surface area contributed by atoms with E-state index in [1.54, 1.807) is 29.2 Å². The monoisotopic (exact) mass is 340 g/mol. The van der Waals surface area contributed by atoms with Gasteiger partial charge in [-0.1, -0.05) is 12.1 Å². The van der Waals surface area contributed by atoms with E-state index in [9.17, 15) is 18.0 Å². The second-order valence-electron chi connectivity index (χ2n) is 5.79. The number of carbonyl (C=O) groups excluding carboxylic acids is 1. The predicted octanol–water partition coefficient (Wildman–Crippen LogP) is 0.325. The van der Waals surface area contributed by atoms with Crippen molar-refractivity contribution in [3.8, 4) is 0 Å². The standard InChI is InChI=1S/C15H20N2O5S/c1-23(21,22)16-9-14(18)17-7-6-12(10-17)8-11-2-4-13(5-3-11)15(19)20/h2-5,12,16H,6-10H2,1H3,(H,19,20)/t12-/m0/s1. The van der Waals surface area contributed by atoms with E-state index in [2.05, 4.69) is 4.72 Å². The number of sulfonamides is 1. The maximum atomic E-state index is 11.9. The fourth-order valence-electron chi connectivity index (χ4n) is 2.65. The molecule has 1 heterocycles. The largest absolute Gasteiger partial charge is 0.478 e. The molecule has 0 bridgehead atoms. The number of aromatic carboxylic acids is 1. The zero-order valence-electron chi connectivity index (χ0n) is 12.9. The molecule has 8 heteroatoms. The molecule has 1 amide bonds. The molecule has 1 aromatic carbocycles. The molecule has 0 spiro atoms. The van der Waals surface area contributed by atoms with Gasteiger partial charge in [-0.05, 0) is 36.5 Å². The van der Waals surface area contributed by atoms with Crippen molar-refractivity contribution in [3.63, 3.8) is 0 Å². The minimum absolute atomic E-state index is 0.209. The Morgan fingerprint density at radius 1 is 1.30 bits per heavy atom. The van der Waals surface area contributed by atoms with Crippen LogP contribution in [0.2, 0.25) is 0 Å². The summed E-state index contributed by atoms with van der Waals surface area (Å²) in [5.74, 6) is -0.875. The van der Waals surface area contributed by atoms with Crippen LogP contribution in [0.15, 0.2) is 24.3 Å². The van der Waals surface area contributed by atoms with Gasteiger partial charge in [-0.3, -0.25) is 4.79 Å². The molecule has 1 aliphatic heterocycles. The predicted molar refractivity (Wildman–Crippen MR) is 84.6 cm³/mol. The van der Waals surface area contributed by atoms with E-state index in [1.165, 1.54) is 0 Å². The molecular weight excluding hydrogens is 320 g/mol. The van der Waals surface area contributed by atoms with Crippen molar-refractivity contribution in [3.05, 3.63) is 35.4 Å². The highest BCUT2D eigenvalue weighted by Gasteiger charge is 2.26. The average molecular weight is 340 g/mol. The lowest BCUT2D eigenvalue weighted by Crippen LogP contribution is -2.38. The molecule has 1 atom stereocenters. The summed E-state index contributed by atoms with van der Waals surface area (Å²) in [7, 11) is -3.37. The summed E-state index contributed by atoms with van der Waals surface area (Å²) in [6.07, 6.45) is 2.64. The number of rotatable bonds is 6. The third-order valence-corrected chi connectivity index (χ3v) is 4.52. The minimum Gasteiger partial charge on any atom is -0.478 e. The van der Waals surface area contributed by atoms with E-state index in [0.29, 0.717) is 19.0 Å². The van der Waals surface area contributed by atoms with Crippen LogP contribution in [-0.2, 0) is 21.2 Å². The van der Waals surface area contributed by atoms with Crippen LogP contribution >= 0.6 is 0 Å². The van der Waals surface area contributed by atoms with E-state index in [1.807, 2.05) is 0 Å². The maximum absolute atomic E-state index is 11.9. The highest BCUT2D eigenvalue weighted by Crippen LogP contribution is 2.21. The third kappa shape index (κ3) is 5.33. The van der Waals surface area contributed by atoms with Crippen molar-refractivity contribution in [2.75, 3.05) is 25.9 Å². The smallest absolute Gasteiger partial charge is 0.335 e. The van der Waals surface area contributed by atoms with Crippen LogP contribution in [0.1, 0.15) is 22.3 Å². The summed E-state index contributed by atoms with van der Waals surface area (Å²) in [5.41, 5.74) is 1.28. The molecular formula is C15H20N2O5S. The Morgan fingerprint density at radius 2 is 1.96 bits per heavy atom. The maximum Gasteiger partial charge on any atom is 0.335 e. The van der Waals surface area contributed by atoms with Gasteiger partial charge in [-0.2, -0.15) is 0 Å². The fourth-order valence-corrected chi connectivity index (χ4v) is 3.03. The summed E-state index contributed by atoms with van der Waals surface area (Å²) in [5, 5.41) is 8.87. The Labute approximate surface area is 135 Å².